The Hall–Kier alpha value is -0.990. The second kappa shape index (κ2) is 6.25. The number of hydrogen-bond donors (Lipinski definition) is 0. The van der Waals surface area contributed by atoms with E-state index in [1.165, 1.54) is 6.33 Å². The molecule has 0 bridgehead atoms. The van der Waals surface area contributed by atoms with Crippen molar-refractivity contribution in [3.63, 3.8) is 0 Å². The molecule has 22 heavy (non-hydrogen) atoms. The van der Waals surface area contributed by atoms with E-state index in [4.69, 9.17) is 0 Å². The van der Waals surface area contributed by atoms with Crippen LogP contribution >= 0.6 is 0 Å². The highest BCUT2D eigenvalue weighted by atomic mass is 32.2. The first-order valence-electron chi connectivity index (χ1n) is 8.06. The third-order valence-electron chi connectivity index (χ3n) is 4.66. The van der Waals surface area contributed by atoms with Crippen LogP contribution in [0.1, 0.15) is 39.2 Å². The molecule has 0 amide bonds. The number of nitrogens with zero attached hydrogens (tertiary/aromatic N) is 5. The van der Waals surface area contributed by atoms with Crippen molar-refractivity contribution in [3.8, 4) is 0 Å². The van der Waals surface area contributed by atoms with Gasteiger partial charge >= 0.3 is 0 Å². The highest BCUT2D eigenvalue weighted by Crippen LogP contribution is 2.28. The Labute approximate surface area is 132 Å². The van der Waals surface area contributed by atoms with Crippen LogP contribution in [0.5, 0.6) is 0 Å². The molecule has 8 heteroatoms. The van der Waals surface area contributed by atoms with Crippen molar-refractivity contribution < 1.29 is 8.42 Å². The largest absolute Gasteiger partial charge is 0.282 e. The van der Waals surface area contributed by atoms with E-state index in [9.17, 15) is 8.42 Å². The Bertz CT molecular complexity index is 578. The zero-order valence-electron chi connectivity index (χ0n) is 13.3. The summed E-state index contributed by atoms with van der Waals surface area (Å²) < 4.78 is 31.0. The molecule has 1 aromatic rings. The Morgan fingerprint density at radius 1 is 1.09 bits per heavy atom. The van der Waals surface area contributed by atoms with Crippen molar-refractivity contribution in [2.24, 2.45) is 11.8 Å². The summed E-state index contributed by atoms with van der Waals surface area (Å²) in [5.41, 5.74) is 0. The van der Waals surface area contributed by atoms with E-state index in [2.05, 4.69) is 23.9 Å². The van der Waals surface area contributed by atoms with Crippen LogP contribution in [0.15, 0.2) is 12.7 Å². The predicted octanol–water partition coefficient (Wildman–Crippen LogP) is 1.14. The second-order valence-electron chi connectivity index (χ2n) is 6.80. The molecule has 2 saturated heterocycles. The summed E-state index contributed by atoms with van der Waals surface area (Å²) in [5, 5.41) is 4.16. The first kappa shape index (κ1) is 15.9. The minimum Gasteiger partial charge on any atom is -0.249 e. The normalized spacial score (nSPS) is 32.2. The maximum atomic E-state index is 13.0. The van der Waals surface area contributed by atoms with Gasteiger partial charge in [0.25, 0.3) is 10.2 Å². The molecule has 3 atom stereocenters. The molecule has 2 aliphatic rings. The van der Waals surface area contributed by atoms with Gasteiger partial charge in [-0.15, -0.1) is 0 Å². The Morgan fingerprint density at radius 2 is 1.82 bits per heavy atom. The Kier molecular flexibility index (Phi) is 4.52. The SMILES string of the molecule is C[C@@H]1C[C@H](C)CN(S(=O)(=O)N2CCC[C@@H](n3cncn3)C2)C1. The van der Waals surface area contributed by atoms with Gasteiger partial charge in [0.05, 0.1) is 6.04 Å². The molecule has 7 nitrogen and oxygen atoms in total. The summed E-state index contributed by atoms with van der Waals surface area (Å²) in [6, 6.07) is 0.0886. The van der Waals surface area contributed by atoms with Crippen LogP contribution < -0.4 is 0 Å². The second-order valence-corrected chi connectivity index (χ2v) is 8.73. The summed E-state index contributed by atoms with van der Waals surface area (Å²) in [6.45, 7) is 6.63. The van der Waals surface area contributed by atoms with Gasteiger partial charge in [-0.05, 0) is 31.1 Å². The van der Waals surface area contributed by atoms with Crippen molar-refractivity contribution in [2.45, 2.75) is 39.2 Å². The summed E-state index contributed by atoms with van der Waals surface area (Å²) in [6.07, 6.45) is 6.09. The predicted molar refractivity (Wildman–Crippen MR) is 83.3 cm³/mol. The molecule has 0 radical (unpaired) electrons. The molecule has 0 saturated carbocycles. The van der Waals surface area contributed by atoms with Gasteiger partial charge in [0.2, 0.25) is 0 Å². The number of piperidine rings is 2. The van der Waals surface area contributed by atoms with E-state index in [-0.39, 0.29) is 6.04 Å². The van der Waals surface area contributed by atoms with E-state index in [1.807, 2.05) is 0 Å². The molecule has 2 fully saturated rings. The molecule has 3 rings (SSSR count). The van der Waals surface area contributed by atoms with Gasteiger partial charge in [-0.1, -0.05) is 13.8 Å². The molecular formula is C14H25N5O2S. The minimum atomic E-state index is -3.37. The van der Waals surface area contributed by atoms with Gasteiger partial charge in [-0.3, -0.25) is 0 Å². The van der Waals surface area contributed by atoms with Gasteiger partial charge in [0.1, 0.15) is 12.7 Å². The Balaban J connectivity index is 1.74. The molecule has 2 aliphatic heterocycles. The van der Waals surface area contributed by atoms with Crippen LogP contribution in [0.2, 0.25) is 0 Å². The first-order chi connectivity index (χ1) is 10.5. The molecule has 0 aliphatic carbocycles. The maximum Gasteiger partial charge on any atom is 0.282 e. The molecule has 0 aromatic carbocycles. The quantitative estimate of drug-likeness (QED) is 0.834. The van der Waals surface area contributed by atoms with Crippen LogP contribution in [0, 0.1) is 11.8 Å². The lowest BCUT2D eigenvalue weighted by Gasteiger charge is -2.39. The van der Waals surface area contributed by atoms with E-state index < -0.39 is 10.2 Å². The van der Waals surface area contributed by atoms with E-state index >= 15 is 0 Å². The fraction of sp³-hybridized carbons (Fsp3) is 0.857. The maximum absolute atomic E-state index is 13.0. The summed E-state index contributed by atoms with van der Waals surface area (Å²) >= 11 is 0. The lowest BCUT2D eigenvalue weighted by molar-refractivity contribution is 0.191. The molecular weight excluding hydrogens is 302 g/mol. The molecule has 1 aromatic heterocycles. The molecule has 3 heterocycles. The Morgan fingerprint density at radius 3 is 2.45 bits per heavy atom. The highest BCUT2D eigenvalue weighted by Gasteiger charge is 2.37. The van der Waals surface area contributed by atoms with Crippen LogP contribution in [0.4, 0.5) is 0 Å². The standard InChI is InChI=1S/C14H25N5O2S/c1-12-6-13(2)8-18(7-12)22(20,21)17-5-3-4-14(9-17)19-11-15-10-16-19/h10-14H,3-9H2,1-2H3/t12-,13+,14-/m1/s1. The van der Waals surface area contributed by atoms with Gasteiger partial charge in [0, 0.05) is 26.2 Å². The van der Waals surface area contributed by atoms with Crippen molar-refractivity contribution >= 4 is 10.2 Å². The molecule has 0 spiro atoms. The zero-order valence-corrected chi connectivity index (χ0v) is 14.1. The van der Waals surface area contributed by atoms with E-state index in [0.717, 1.165) is 19.3 Å². The van der Waals surface area contributed by atoms with E-state index in [0.29, 0.717) is 38.0 Å². The third-order valence-corrected chi connectivity index (χ3v) is 6.59. The summed E-state index contributed by atoms with van der Waals surface area (Å²) in [5.74, 6) is 0.851. The lowest BCUT2D eigenvalue weighted by Crippen LogP contribution is -2.52. The fourth-order valence-electron chi connectivity index (χ4n) is 3.71. The van der Waals surface area contributed by atoms with Gasteiger partial charge in [0.15, 0.2) is 0 Å². The molecule has 0 N–H and O–H groups in total. The average Bonchev–Trinajstić information content (AvgIpc) is 3.00. The van der Waals surface area contributed by atoms with Crippen molar-refractivity contribution in [3.05, 3.63) is 12.7 Å². The minimum absolute atomic E-state index is 0.0886. The van der Waals surface area contributed by atoms with Crippen molar-refractivity contribution in [1.82, 2.24) is 23.4 Å². The average molecular weight is 327 g/mol. The summed E-state index contributed by atoms with van der Waals surface area (Å²) in [7, 11) is -3.37. The molecule has 0 unspecified atom stereocenters. The molecule has 124 valence electrons. The number of aromatic nitrogens is 3. The van der Waals surface area contributed by atoms with Gasteiger partial charge in [-0.25, -0.2) is 9.67 Å². The van der Waals surface area contributed by atoms with Crippen LogP contribution in [0.3, 0.4) is 0 Å². The lowest BCUT2D eigenvalue weighted by atomic mass is 9.94. The first-order valence-corrected chi connectivity index (χ1v) is 9.46. The van der Waals surface area contributed by atoms with Crippen LogP contribution in [0.25, 0.3) is 0 Å². The summed E-state index contributed by atoms with van der Waals surface area (Å²) in [4.78, 5) is 3.97. The topological polar surface area (TPSA) is 71.3 Å². The van der Waals surface area contributed by atoms with E-state index in [1.54, 1.807) is 19.6 Å². The fourth-order valence-corrected chi connectivity index (χ4v) is 5.64. The van der Waals surface area contributed by atoms with Crippen molar-refractivity contribution in [2.75, 3.05) is 26.2 Å². The van der Waals surface area contributed by atoms with Gasteiger partial charge < -0.3 is 0 Å². The number of rotatable bonds is 3. The van der Waals surface area contributed by atoms with Gasteiger partial charge in [-0.2, -0.15) is 22.1 Å². The smallest absolute Gasteiger partial charge is 0.249 e. The monoisotopic (exact) mass is 327 g/mol. The van der Waals surface area contributed by atoms with Crippen LogP contribution in [-0.4, -0.2) is 58.0 Å². The third kappa shape index (κ3) is 3.18. The zero-order chi connectivity index (χ0) is 15.7. The van der Waals surface area contributed by atoms with Crippen molar-refractivity contribution in [1.29, 1.82) is 0 Å². The van der Waals surface area contributed by atoms with Crippen LogP contribution in [-0.2, 0) is 10.2 Å². The highest BCUT2D eigenvalue weighted by molar-refractivity contribution is 7.86. The number of hydrogen-bond acceptors (Lipinski definition) is 4.